The van der Waals surface area contributed by atoms with Crippen LogP contribution in [-0.4, -0.2) is 57.6 Å². The maximum Gasteiger partial charge on any atom is 0.338 e. The molecule has 170 valence electrons. The maximum absolute atomic E-state index is 15.2. The van der Waals surface area contributed by atoms with E-state index in [0.29, 0.717) is 28.2 Å². The third kappa shape index (κ3) is 3.87. The topological polar surface area (TPSA) is 102 Å². The highest BCUT2D eigenvalue weighted by atomic mass is 19.1. The molecular weight excluding hydrogens is 431 g/mol. The molecule has 9 nitrogen and oxygen atoms in total. The molecule has 33 heavy (non-hydrogen) atoms. The van der Waals surface area contributed by atoms with E-state index in [2.05, 4.69) is 15.0 Å². The molecule has 0 unspecified atom stereocenters. The number of nitrogens with zero attached hydrogens (tertiary/aromatic N) is 4. The Balaban J connectivity index is 1.37. The average Bonchev–Trinajstić information content (AvgIpc) is 3.57. The number of rotatable bonds is 6. The number of aromatic nitrogens is 4. The molecule has 1 aliphatic heterocycles. The number of alkyl halides is 1. The van der Waals surface area contributed by atoms with Crippen molar-refractivity contribution in [3.8, 4) is 11.5 Å². The number of imidazole rings is 1. The van der Waals surface area contributed by atoms with Crippen LogP contribution >= 0.6 is 0 Å². The SMILES string of the molecule is CO[C@@H]1[C@H](F)[C@@H](COC(=O)c2ccc(C)cc2)O[C@H]1n1cnc2c(-c3ccco3)ncnc21. The van der Waals surface area contributed by atoms with E-state index >= 15 is 4.39 Å². The standard InChI is InChI=1S/C23H21FN4O5/c1-13-5-7-14(8-6-13)23(29)32-10-16-17(24)20(30-2)22(33-16)28-12-27-19-18(15-4-3-9-31-15)25-11-26-21(19)28/h3-9,11-12,16-17,20,22H,10H2,1-2H3/t16-,17-,20-,22-/m1/s1. The predicted octanol–water partition coefficient (Wildman–Crippen LogP) is 3.50. The van der Waals surface area contributed by atoms with E-state index in [1.165, 1.54) is 26.0 Å². The molecule has 0 radical (unpaired) electrons. The molecule has 0 saturated carbocycles. The van der Waals surface area contributed by atoms with Crippen molar-refractivity contribution < 1.29 is 27.8 Å². The van der Waals surface area contributed by atoms with Crippen molar-refractivity contribution in [2.45, 2.75) is 31.5 Å². The highest BCUT2D eigenvalue weighted by molar-refractivity contribution is 5.89. The van der Waals surface area contributed by atoms with Gasteiger partial charge in [-0.3, -0.25) is 4.57 Å². The van der Waals surface area contributed by atoms with Gasteiger partial charge < -0.3 is 18.6 Å². The molecule has 5 rings (SSSR count). The number of halogens is 1. The van der Waals surface area contributed by atoms with Gasteiger partial charge in [-0.1, -0.05) is 17.7 Å². The molecule has 4 heterocycles. The fraction of sp³-hybridized carbons (Fsp3) is 0.304. The Hall–Kier alpha value is -3.63. The minimum absolute atomic E-state index is 0.260. The molecule has 1 aliphatic rings. The number of ether oxygens (including phenoxy) is 3. The average molecular weight is 452 g/mol. The zero-order valence-corrected chi connectivity index (χ0v) is 17.9. The Morgan fingerprint density at radius 3 is 2.73 bits per heavy atom. The van der Waals surface area contributed by atoms with Crippen LogP contribution in [0.2, 0.25) is 0 Å². The van der Waals surface area contributed by atoms with Crippen LogP contribution < -0.4 is 0 Å². The summed E-state index contributed by atoms with van der Waals surface area (Å²) in [5.74, 6) is -0.0142. The fourth-order valence-electron chi connectivity index (χ4n) is 3.86. The number of furan rings is 1. The third-order valence-electron chi connectivity index (χ3n) is 5.59. The summed E-state index contributed by atoms with van der Waals surface area (Å²) in [5.41, 5.74) is 2.84. The van der Waals surface area contributed by atoms with Gasteiger partial charge in [-0.2, -0.15) is 0 Å². The molecular formula is C23H21FN4O5. The second-order valence-corrected chi connectivity index (χ2v) is 7.70. The Bertz CT molecular complexity index is 1260. The monoisotopic (exact) mass is 452 g/mol. The zero-order valence-electron chi connectivity index (χ0n) is 17.9. The van der Waals surface area contributed by atoms with Crippen molar-refractivity contribution in [1.29, 1.82) is 0 Å². The first kappa shape index (κ1) is 21.2. The van der Waals surface area contributed by atoms with Crippen LogP contribution in [0.3, 0.4) is 0 Å². The number of methoxy groups -OCH3 is 1. The Morgan fingerprint density at radius 2 is 2.00 bits per heavy atom. The minimum atomic E-state index is -1.53. The van der Waals surface area contributed by atoms with Gasteiger partial charge in [0.1, 0.15) is 36.4 Å². The molecule has 3 aromatic heterocycles. The van der Waals surface area contributed by atoms with E-state index in [9.17, 15) is 4.79 Å². The molecule has 0 aliphatic carbocycles. The van der Waals surface area contributed by atoms with Gasteiger partial charge in [0.05, 0.1) is 18.2 Å². The van der Waals surface area contributed by atoms with E-state index in [-0.39, 0.29) is 6.61 Å². The molecule has 4 aromatic rings. The van der Waals surface area contributed by atoms with E-state index in [4.69, 9.17) is 18.6 Å². The van der Waals surface area contributed by atoms with Crippen molar-refractivity contribution in [2.75, 3.05) is 13.7 Å². The summed E-state index contributed by atoms with van der Waals surface area (Å²) < 4.78 is 38.8. The normalized spacial score (nSPS) is 22.6. The number of hydrogen-bond acceptors (Lipinski definition) is 8. The number of esters is 1. The molecule has 4 atom stereocenters. The first-order chi connectivity index (χ1) is 16.1. The molecule has 0 amide bonds. The second kappa shape index (κ2) is 8.72. The molecule has 0 N–H and O–H groups in total. The molecule has 1 aromatic carbocycles. The quantitative estimate of drug-likeness (QED) is 0.410. The summed E-state index contributed by atoms with van der Waals surface area (Å²) in [7, 11) is 1.40. The number of fused-ring (bicyclic) bond motifs is 1. The summed E-state index contributed by atoms with van der Waals surface area (Å²) in [6.07, 6.45) is 0.0498. The van der Waals surface area contributed by atoms with Gasteiger partial charge in [-0.05, 0) is 31.2 Å². The van der Waals surface area contributed by atoms with Crippen molar-refractivity contribution in [2.24, 2.45) is 0 Å². The summed E-state index contributed by atoms with van der Waals surface area (Å²) in [4.78, 5) is 25.3. The Labute approximate surface area is 188 Å². The number of hydrogen-bond donors (Lipinski definition) is 0. The highest BCUT2D eigenvalue weighted by Crippen LogP contribution is 2.36. The van der Waals surface area contributed by atoms with E-state index in [1.807, 2.05) is 6.92 Å². The van der Waals surface area contributed by atoms with Gasteiger partial charge in [0.2, 0.25) is 0 Å². The van der Waals surface area contributed by atoms with Gasteiger partial charge in [0.15, 0.2) is 23.8 Å². The largest absolute Gasteiger partial charge is 0.463 e. The first-order valence-electron chi connectivity index (χ1n) is 10.3. The summed E-state index contributed by atoms with van der Waals surface area (Å²) in [5, 5.41) is 0. The van der Waals surface area contributed by atoms with Crippen LogP contribution in [0.5, 0.6) is 0 Å². The van der Waals surface area contributed by atoms with Gasteiger partial charge in [0, 0.05) is 7.11 Å². The number of aryl methyl sites for hydroxylation is 1. The zero-order chi connectivity index (χ0) is 22.9. The smallest absolute Gasteiger partial charge is 0.338 e. The van der Waals surface area contributed by atoms with Crippen molar-refractivity contribution >= 4 is 17.1 Å². The van der Waals surface area contributed by atoms with Crippen LogP contribution in [0.15, 0.2) is 59.7 Å². The summed E-state index contributed by atoms with van der Waals surface area (Å²) >= 11 is 0. The van der Waals surface area contributed by atoms with Gasteiger partial charge in [-0.25, -0.2) is 24.1 Å². The number of carbonyl (C=O) groups is 1. The summed E-state index contributed by atoms with van der Waals surface area (Å²) in [6.45, 7) is 1.66. The fourth-order valence-corrected chi connectivity index (χ4v) is 3.86. The number of benzene rings is 1. The minimum Gasteiger partial charge on any atom is -0.463 e. The highest BCUT2D eigenvalue weighted by Gasteiger charge is 2.47. The van der Waals surface area contributed by atoms with E-state index in [1.54, 1.807) is 41.0 Å². The van der Waals surface area contributed by atoms with Crippen molar-refractivity contribution in [1.82, 2.24) is 19.5 Å². The predicted molar refractivity (Wildman–Crippen MR) is 114 cm³/mol. The van der Waals surface area contributed by atoms with Crippen LogP contribution in [0.25, 0.3) is 22.6 Å². The molecule has 10 heteroatoms. The first-order valence-corrected chi connectivity index (χ1v) is 10.3. The molecule has 0 bridgehead atoms. The van der Waals surface area contributed by atoms with Crippen LogP contribution in [-0.2, 0) is 14.2 Å². The molecule has 1 fully saturated rings. The van der Waals surface area contributed by atoms with Gasteiger partial charge in [-0.15, -0.1) is 0 Å². The molecule has 0 spiro atoms. The van der Waals surface area contributed by atoms with Crippen LogP contribution in [0, 0.1) is 6.92 Å². The van der Waals surface area contributed by atoms with Crippen LogP contribution in [0.1, 0.15) is 22.1 Å². The van der Waals surface area contributed by atoms with Crippen molar-refractivity contribution in [3.63, 3.8) is 0 Å². The lowest BCUT2D eigenvalue weighted by atomic mass is 10.1. The second-order valence-electron chi connectivity index (χ2n) is 7.70. The van der Waals surface area contributed by atoms with Gasteiger partial charge in [0.25, 0.3) is 0 Å². The Kier molecular flexibility index (Phi) is 5.61. The lowest BCUT2D eigenvalue weighted by Crippen LogP contribution is -2.32. The number of carbonyl (C=O) groups excluding carboxylic acids is 1. The third-order valence-corrected chi connectivity index (χ3v) is 5.59. The van der Waals surface area contributed by atoms with E-state index < -0.39 is 30.6 Å². The summed E-state index contributed by atoms with van der Waals surface area (Å²) in [6, 6.07) is 10.4. The van der Waals surface area contributed by atoms with Crippen LogP contribution in [0.4, 0.5) is 4.39 Å². The molecule has 1 saturated heterocycles. The lowest BCUT2D eigenvalue weighted by molar-refractivity contribution is -0.0616. The lowest BCUT2D eigenvalue weighted by Gasteiger charge is -2.19. The van der Waals surface area contributed by atoms with E-state index in [0.717, 1.165) is 5.56 Å². The maximum atomic E-state index is 15.2. The Morgan fingerprint density at radius 1 is 1.18 bits per heavy atom. The van der Waals surface area contributed by atoms with Gasteiger partial charge >= 0.3 is 5.97 Å². The van der Waals surface area contributed by atoms with Crippen molar-refractivity contribution in [3.05, 3.63) is 66.4 Å².